The van der Waals surface area contributed by atoms with Gasteiger partial charge >= 0.3 is 5.97 Å². The largest absolute Gasteiger partial charge is 0.489 e. The maximum atomic E-state index is 11.9. The van der Waals surface area contributed by atoms with Crippen LogP contribution in [0.1, 0.15) is 21.5 Å². The smallest absolute Gasteiger partial charge is 0.338 e. The summed E-state index contributed by atoms with van der Waals surface area (Å²) in [6.07, 6.45) is 3.73. The SMILES string of the molecule is Cc1cc(OCc2ccccc2)ccc1-c1cn2ccccc2c1C(=O)O. The van der Waals surface area contributed by atoms with Gasteiger partial charge in [-0.25, -0.2) is 4.79 Å². The van der Waals surface area contributed by atoms with Crippen LogP contribution in [0.2, 0.25) is 0 Å². The Kier molecular flexibility index (Phi) is 4.38. The first kappa shape index (κ1) is 16.9. The summed E-state index contributed by atoms with van der Waals surface area (Å²) in [6, 6.07) is 21.3. The van der Waals surface area contributed by atoms with Crippen LogP contribution in [-0.2, 0) is 6.61 Å². The van der Waals surface area contributed by atoms with E-state index in [-0.39, 0.29) is 0 Å². The predicted molar refractivity (Wildman–Crippen MR) is 105 cm³/mol. The van der Waals surface area contributed by atoms with Crippen molar-refractivity contribution in [3.63, 3.8) is 0 Å². The summed E-state index contributed by atoms with van der Waals surface area (Å²) in [4.78, 5) is 11.9. The minimum Gasteiger partial charge on any atom is -0.489 e. The number of carboxylic acids is 1. The molecule has 0 unspecified atom stereocenters. The van der Waals surface area contributed by atoms with Crippen molar-refractivity contribution in [3.8, 4) is 16.9 Å². The Hall–Kier alpha value is -3.53. The number of pyridine rings is 1. The van der Waals surface area contributed by atoms with Gasteiger partial charge in [-0.15, -0.1) is 0 Å². The molecule has 0 aliphatic rings. The van der Waals surface area contributed by atoms with Crippen molar-refractivity contribution in [2.24, 2.45) is 0 Å². The zero-order valence-electron chi connectivity index (χ0n) is 14.9. The van der Waals surface area contributed by atoms with Crippen molar-refractivity contribution in [2.45, 2.75) is 13.5 Å². The van der Waals surface area contributed by atoms with E-state index in [9.17, 15) is 9.90 Å². The summed E-state index contributed by atoms with van der Waals surface area (Å²) < 4.78 is 7.72. The summed E-state index contributed by atoms with van der Waals surface area (Å²) in [7, 11) is 0. The third-order valence-electron chi connectivity index (χ3n) is 4.63. The molecular weight excluding hydrogens is 338 g/mol. The van der Waals surface area contributed by atoms with Gasteiger partial charge in [-0.05, 0) is 47.9 Å². The molecule has 0 bridgehead atoms. The molecule has 4 heteroatoms. The van der Waals surface area contributed by atoms with Crippen LogP contribution in [0.25, 0.3) is 16.6 Å². The molecule has 0 fully saturated rings. The normalized spacial score (nSPS) is 10.9. The van der Waals surface area contributed by atoms with Crippen molar-refractivity contribution in [1.29, 1.82) is 0 Å². The van der Waals surface area contributed by atoms with Gasteiger partial charge < -0.3 is 14.2 Å². The maximum absolute atomic E-state index is 11.9. The van der Waals surface area contributed by atoms with Crippen LogP contribution < -0.4 is 4.74 Å². The number of ether oxygens (including phenoxy) is 1. The molecule has 4 rings (SSSR count). The lowest BCUT2D eigenvalue weighted by molar-refractivity contribution is 0.0700. The van der Waals surface area contributed by atoms with Crippen LogP contribution in [0.3, 0.4) is 0 Å². The molecule has 0 spiro atoms. The second-order valence-electron chi connectivity index (χ2n) is 6.47. The number of aromatic nitrogens is 1. The molecule has 4 aromatic rings. The third-order valence-corrected chi connectivity index (χ3v) is 4.63. The first-order chi connectivity index (χ1) is 13.1. The molecule has 2 heterocycles. The summed E-state index contributed by atoms with van der Waals surface area (Å²) in [5.41, 5.74) is 4.68. The Morgan fingerprint density at radius 1 is 1.00 bits per heavy atom. The monoisotopic (exact) mass is 357 g/mol. The van der Waals surface area contributed by atoms with Crippen LogP contribution in [0.15, 0.2) is 79.1 Å². The van der Waals surface area contributed by atoms with E-state index in [1.165, 1.54) is 0 Å². The standard InChI is InChI=1S/C23H19NO3/c1-16-13-18(27-15-17-7-3-2-4-8-17)10-11-19(16)20-14-24-12-6-5-9-21(24)22(20)23(25)26/h2-14H,15H2,1H3,(H,25,26). The van der Waals surface area contributed by atoms with Crippen molar-refractivity contribution in [1.82, 2.24) is 4.40 Å². The molecule has 0 saturated carbocycles. The molecule has 134 valence electrons. The van der Waals surface area contributed by atoms with Gasteiger partial charge in [-0.2, -0.15) is 0 Å². The predicted octanol–water partition coefficient (Wildman–Crippen LogP) is 5.19. The Balaban J connectivity index is 1.68. The molecule has 27 heavy (non-hydrogen) atoms. The molecule has 1 N–H and O–H groups in total. The van der Waals surface area contributed by atoms with Crippen molar-refractivity contribution >= 4 is 11.5 Å². The molecule has 0 aliphatic heterocycles. The van der Waals surface area contributed by atoms with Gasteiger partial charge in [0.25, 0.3) is 0 Å². The van der Waals surface area contributed by atoms with Crippen LogP contribution in [0, 0.1) is 6.92 Å². The number of rotatable bonds is 5. The zero-order valence-corrected chi connectivity index (χ0v) is 14.9. The molecule has 2 aromatic carbocycles. The molecule has 4 nitrogen and oxygen atoms in total. The molecule has 0 amide bonds. The molecule has 0 radical (unpaired) electrons. The molecule has 0 saturated heterocycles. The third kappa shape index (κ3) is 3.29. The maximum Gasteiger partial charge on any atom is 0.338 e. The number of fused-ring (bicyclic) bond motifs is 1. The van der Waals surface area contributed by atoms with E-state index in [4.69, 9.17) is 4.74 Å². The summed E-state index contributed by atoms with van der Waals surface area (Å²) in [5, 5.41) is 9.73. The number of benzene rings is 2. The molecular formula is C23H19NO3. The van der Waals surface area contributed by atoms with Gasteiger partial charge in [0, 0.05) is 18.0 Å². The molecule has 2 aromatic heterocycles. The lowest BCUT2D eigenvalue weighted by Gasteiger charge is -2.10. The summed E-state index contributed by atoms with van der Waals surface area (Å²) in [5.74, 6) is -0.164. The number of carbonyl (C=O) groups is 1. The van der Waals surface area contributed by atoms with Crippen LogP contribution in [-0.4, -0.2) is 15.5 Å². The Bertz CT molecular complexity index is 1110. The first-order valence-electron chi connectivity index (χ1n) is 8.74. The number of hydrogen-bond acceptors (Lipinski definition) is 2. The van der Waals surface area contributed by atoms with Crippen LogP contribution in [0.5, 0.6) is 5.75 Å². The Labute approximate surface area is 157 Å². The van der Waals surface area contributed by atoms with Gasteiger partial charge in [0.2, 0.25) is 0 Å². The van der Waals surface area contributed by atoms with E-state index in [1.807, 2.05) is 90.4 Å². The molecule has 0 atom stereocenters. The van der Waals surface area contributed by atoms with E-state index in [0.717, 1.165) is 22.4 Å². The highest BCUT2D eigenvalue weighted by Crippen LogP contribution is 2.33. The quantitative estimate of drug-likeness (QED) is 0.535. The number of carboxylic acid groups (broad SMARTS) is 1. The second-order valence-corrected chi connectivity index (χ2v) is 6.47. The minimum atomic E-state index is -0.928. The van der Waals surface area contributed by atoms with Crippen LogP contribution >= 0.6 is 0 Å². The van der Waals surface area contributed by atoms with Crippen molar-refractivity contribution < 1.29 is 14.6 Å². The van der Waals surface area contributed by atoms with Crippen molar-refractivity contribution in [3.05, 3.63) is 95.8 Å². The van der Waals surface area contributed by atoms with E-state index in [1.54, 1.807) is 0 Å². The number of nitrogens with zero attached hydrogens (tertiary/aromatic N) is 1. The summed E-state index contributed by atoms with van der Waals surface area (Å²) in [6.45, 7) is 2.47. The fraction of sp³-hybridized carbons (Fsp3) is 0.0870. The Morgan fingerprint density at radius 2 is 1.78 bits per heavy atom. The first-order valence-corrected chi connectivity index (χ1v) is 8.74. The van der Waals surface area contributed by atoms with Gasteiger partial charge in [0.1, 0.15) is 12.4 Å². The van der Waals surface area contributed by atoms with E-state index < -0.39 is 5.97 Å². The highest BCUT2D eigenvalue weighted by atomic mass is 16.5. The average Bonchev–Trinajstić information content (AvgIpc) is 3.06. The van der Waals surface area contributed by atoms with Gasteiger partial charge in [0.15, 0.2) is 0 Å². The van der Waals surface area contributed by atoms with E-state index >= 15 is 0 Å². The number of hydrogen-bond donors (Lipinski definition) is 1. The lowest BCUT2D eigenvalue weighted by atomic mass is 9.99. The second kappa shape index (κ2) is 7.00. The highest BCUT2D eigenvalue weighted by molar-refractivity contribution is 6.04. The fourth-order valence-electron chi connectivity index (χ4n) is 3.32. The van der Waals surface area contributed by atoms with Gasteiger partial charge in [-0.1, -0.05) is 42.5 Å². The average molecular weight is 357 g/mol. The highest BCUT2D eigenvalue weighted by Gasteiger charge is 2.19. The van der Waals surface area contributed by atoms with E-state index in [2.05, 4.69) is 0 Å². The number of aryl methyl sites for hydroxylation is 1. The Morgan fingerprint density at radius 3 is 2.52 bits per heavy atom. The van der Waals surface area contributed by atoms with E-state index in [0.29, 0.717) is 23.3 Å². The molecule has 0 aliphatic carbocycles. The van der Waals surface area contributed by atoms with Crippen molar-refractivity contribution in [2.75, 3.05) is 0 Å². The summed E-state index contributed by atoms with van der Waals surface area (Å²) >= 11 is 0. The minimum absolute atomic E-state index is 0.316. The zero-order chi connectivity index (χ0) is 18.8. The van der Waals surface area contributed by atoms with Gasteiger partial charge in [-0.3, -0.25) is 0 Å². The fourth-order valence-corrected chi connectivity index (χ4v) is 3.32. The van der Waals surface area contributed by atoms with Crippen LogP contribution in [0.4, 0.5) is 0 Å². The topological polar surface area (TPSA) is 50.9 Å². The lowest BCUT2D eigenvalue weighted by Crippen LogP contribution is -1.99. The van der Waals surface area contributed by atoms with Gasteiger partial charge in [0.05, 0.1) is 11.1 Å². The number of aromatic carboxylic acids is 1.